The summed E-state index contributed by atoms with van der Waals surface area (Å²) in [6, 6.07) is -1.25. The predicted octanol–water partition coefficient (Wildman–Crippen LogP) is 3.09. The van der Waals surface area contributed by atoms with E-state index in [9.17, 15) is 19.5 Å². The van der Waals surface area contributed by atoms with E-state index >= 15 is 0 Å². The summed E-state index contributed by atoms with van der Waals surface area (Å²) in [5.74, 6) is -1.42. The Hall–Kier alpha value is -1.80. The van der Waals surface area contributed by atoms with Gasteiger partial charge in [0.2, 0.25) is 17.7 Å². The van der Waals surface area contributed by atoms with Crippen molar-refractivity contribution in [3.05, 3.63) is 25.3 Å². The molecule has 1 spiro atoms. The highest BCUT2D eigenvalue weighted by Crippen LogP contribution is 2.72. The maximum absolute atomic E-state index is 14.3. The minimum absolute atomic E-state index is 0.0230. The number of thioether (sulfide) groups is 1. The highest BCUT2D eigenvalue weighted by molar-refractivity contribution is 8.02. The van der Waals surface area contributed by atoms with Gasteiger partial charge in [-0.15, -0.1) is 24.9 Å². The average Bonchev–Trinajstić information content (AvgIpc) is 3.36. The van der Waals surface area contributed by atoms with Crippen molar-refractivity contribution in [3.8, 4) is 0 Å². The van der Waals surface area contributed by atoms with Crippen molar-refractivity contribution >= 4 is 29.5 Å². The Morgan fingerprint density at radius 3 is 2.37 bits per heavy atom. The zero-order valence-corrected chi connectivity index (χ0v) is 23.1. The predicted molar refractivity (Wildman–Crippen MR) is 141 cm³/mol. The van der Waals surface area contributed by atoms with Crippen LogP contribution < -0.4 is 0 Å². The van der Waals surface area contributed by atoms with Gasteiger partial charge in [0.15, 0.2) is 0 Å². The summed E-state index contributed by atoms with van der Waals surface area (Å²) in [5, 5.41) is 10.1. The number of rotatable bonds is 10. The lowest BCUT2D eigenvalue weighted by Crippen LogP contribution is -2.60. The zero-order chi connectivity index (χ0) is 26.3. The Labute approximate surface area is 215 Å². The van der Waals surface area contributed by atoms with Crippen molar-refractivity contribution in [1.29, 1.82) is 0 Å². The molecule has 0 aromatic heterocycles. The first-order chi connectivity index (χ1) is 16.3. The van der Waals surface area contributed by atoms with Crippen LogP contribution in [0.4, 0.5) is 0 Å². The van der Waals surface area contributed by atoms with Crippen molar-refractivity contribution in [2.45, 2.75) is 87.9 Å². The maximum Gasteiger partial charge on any atom is 0.247 e. The lowest BCUT2D eigenvalue weighted by molar-refractivity contribution is -0.148. The molecule has 6 atom stereocenters. The normalized spacial score (nSPS) is 32.4. The summed E-state index contributed by atoms with van der Waals surface area (Å²) < 4.78 is -1.11. The van der Waals surface area contributed by atoms with Crippen molar-refractivity contribution in [2.75, 3.05) is 26.2 Å². The summed E-state index contributed by atoms with van der Waals surface area (Å²) in [7, 11) is 0. The lowest BCUT2D eigenvalue weighted by atomic mass is 9.66. The molecule has 1 N–H and O–H groups in total. The third kappa shape index (κ3) is 4.35. The number of hydrogen-bond donors (Lipinski definition) is 1. The fraction of sp³-hybridized carbons (Fsp3) is 0.741. The Balaban J connectivity index is 2.14. The number of likely N-dealkylation sites (tertiary alicyclic amines) is 1. The SMILES string of the molecule is C=CCN(CCC)C(=O)[C@@H]1[C@H]2C(=O)N([C@H](C)CO)C(C(=O)N(CC=C)C(C)(C)C)C23CC[C@@]1(C)S3. The molecule has 3 aliphatic rings. The second kappa shape index (κ2) is 9.92. The summed E-state index contributed by atoms with van der Waals surface area (Å²) in [6.07, 6.45) is 5.72. The molecule has 0 radical (unpaired) electrons. The molecule has 3 fully saturated rings. The van der Waals surface area contributed by atoms with Crippen LogP contribution in [0.25, 0.3) is 0 Å². The van der Waals surface area contributed by atoms with Gasteiger partial charge in [0.25, 0.3) is 0 Å². The van der Waals surface area contributed by atoms with E-state index in [0.29, 0.717) is 26.1 Å². The zero-order valence-electron chi connectivity index (χ0n) is 22.2. The number of hydrogen-bond acceptors (Lipinski definition) is 5. The van der Waals surface area contributed by atoms with E-state index < -0.39 is 39.0 Å². The number of fused-ring (bicyclic) bond motifs is 1. The van der Waals surface area contributed by atoms with Crippen LogP contribution in [-0.2, 0) is 14.4 Å². The van der Waals surface area contributed by atoms with Crippen molar-refractivity contribution in [3.63, 3.8) is 0 Å². The third-order valence-corrected chi connectivity index (χ3v) is 9.98. The Morgan fingerprint density at radius 2 is 1.86 bits per heavy atom. The molecular weight excluding hydrogens is 462 g/mol. The van der Waals surface area contributed by atoms with Gasteiger partial charge in [-0.05, 0) is 53.9 Å². The number of carbonyl (C=O) groups is 3. The standard InChI is InChI=1S/C27H43N3O4S/c1-9-14-28(15-10-2)22(32)19-20-23(33)30(18(4)17-31)21(27(20)13-12-26(19,8)35-27)24(34)29(16-11-3)25(5,6)7/h9,11,18-21,31H,1,3,10,12-17H2,2,4-8H3/t18-,19+,20+,21?,26-,27?/m1/s1. The van der Waals surface area contributed by atoms with E-state index in [-0.39, 0.29) is 24.3 Å². The van der Waals surface area contributed by atoms with Crippen LogP contribution in [0.5, 0.6) is 0 Å². The Kier molecular flexibility index (Phi) is 7.88. The van der Waals surface area contributed by atoms with Gasteiger partial charge in [0.1, 0.15) is 6.04 Å². The molecule has 3 saturated heterocycles. The first-order valence-corrected chi connectivity index (χ1v) is 13.6. The van der Waals surface area contributed by atoms with Crippen molar-refractivity contribution in [1.82, 2.24) is 14.7 Å². The van der Waals surface area contributed by atoms with Crippen LogP contribution in [0.1, 0.15) is 60.8 Å². The minimum atomic E-state index is -0.732. The van der Waals surface area contributed by atoms with Gasteiger partial charge in [0, 0.05) is 29.9 Å². The maximum atomic E-state index is 14.3. The first-order valence-electron chi connectivity index (χ1n) is 12.8. The molecular formula is C27H43N3O4S. The van der Waals surface area contributed by atoms with Gasteiger partial charge in [-0.2, -0.15) is 0 Å². The molecule has 3 amide bonds. The van der Waals surface area contributed by atoms with Crippen LogP contribution in [0.3, 0.4) is 0 Å². The van der Waals surface area contributed by atoms with E-state index in [4.69, 9.17) is 0 Å². The number of aliphatic hydroxyl groups excluding tert-OH is 1. The summed E-state index contributed by atoms with van der Waals surface area (Å²) in [5.41, 5.74) is -0.473. The van der Waals surface area contributed by atoms with Crippen LogP contribution in [0.2, 0.25) is 0 Å². The van der Waals surface area contributed by atoms with Crippen molar-refractivity contribution < 1.29 is 19.5 Å². The fourth-order valence-corrected chi connectivity index (χ4v) is 8.80. The molecule has 2 bridgehead atoms. The average molecular weight is 506 g/mol. The van der Waals surface area contributed by atoms with Gasteiger partial charge < -0.3 is 19.8 Å². The number of carbonyl (C=O) groups excluding carboxylic acids is 3. The van der Waals surface area contributed by atoms with E-state index in [2.05, 4.69) is 20.1 Å². The molecule has 0 aromatic rings. The van der Waals surface area contributed by atoms with Crippen LogP contribution in [0, 0.1) is 11.8 Å². The largest absolute Gasteiger partial charge is 0.394 e. The quantitative estimate of drug-likeness (QED) is 0.462. The Bertz CT molecular complexity index is 886. The number of amides is 3. The monoisotopic (exact) mass is 505 g/mol. The lowest BCUT2D eigenvalue weighted by Gasteiger charge is -2.43. The molecule has 7 nitrogen and oxygen atoms in total. The third-order valence-electron chi connectivity index (χ3n) is 8.00. The highest BCUT2D eigenvalue weighted by atomic mass is 32.2. The van der Waals surface area contributed by atoms with Gasteiger partial charge in [0.05, 0.1) is 29.2 Å². The molecule has 3 heterocycles. The molecule has 0 aliphatic carbocycles. The van der Waals surface area contributed by atoms with Gasteiger partial charge >= 0.3 is 0 Å². The summed E-state index contributed by atoms with van der Waals surface area (Å²) in [4.78, 5) is 47.6. The highest BCUT2D eigenvalue weighted by Gasteiger charge is 2.78. The van der Waals surface area contributed by atoms with Crippen LogP contribution >= 0.6 is 11.8 Å². The van der Waals surface area contributed by atoms with Crippen LogP contribution in [0.15, 0.2) is 25.3 Å². The summed E-state index contributed by atoms with van der Waals surface area (Å²) in [6.45, 7) is 20.7. The minimum Gasteiger partial charge on any atom is -0.394 e. The molecule has 196 valence electrons. The smallest absolute Gasteiger partial charge is 0.247 e. The number of aliphatic hydroxyl groups is 1. The van der Waals surface area contributed by atoms with E-state index in [0.717, 1.165) is 12.8 Å². The fourth-order valence-electron chi connectivity index (χ4n) is 6.47. The van der Waals surface area contributed by atoms with E-state index in [1.807, 2.05) is 27.7 Å². The second-order valence-electron chi connectivity index (χ2n) is 11.5. The molecule has 35 heavy (non-hydrogen) atoms. The van der Waals surface area contributed by atoms with Gasteiger partial charge in [-0.25, -0.2) is 0 Å². The molecule has 0 saturated carbocycles. The van der Waals surface area contributed by atoms with Crippen molar-refractivity contribution in [2.24, 2.45) is 11.8 Å². The van der Waals surface area contributed by atoms with E-state index in [1.165, 1.54) is 0 Å². The van der Waals surface area contributed by atoms with E-state index in [1.54, 1.807) is 45.5 Å². The second-order valence-corrected chi connectivity index (χ2v) is 13.4. The molecule has 2 unspecified atom stereocenters. The first kappa shape index (κ1) is 27.8. The topological polar surface area (TPSA) is 81.2 Å². The molecule has 3 rings (SSSR count). The number of nitrogens with zero attached hydrogens (tertiary/aromatic N) is 3. The van der Waals surface area contributed by atoms with Gasteiger partial charge in [-0.1, -0.05) is 19.1 Å². The summed E-state index contributed by atoms with van der Waals surface area (Å²) >= 11 is 1.67. The molecule has 0 aromatic carbocycles. The van der Waals surface area contributed by atoms with Gasteiger partial charge in [-0.3, -0.25) is 14.4 Å². The van der Waals surface area contributed by atoms with Crippen LogP contribution in [-0.4, -0.2) is 90.9 Å². The molecule has 8 heteroatoms. The molecule has 3 aliphatic heterocycles. The Morgan fingerprint density at radius 1 is 1.23 bits per heavy atom.